The average molecular weight is 325 g/mol. The van der Waals surface area contributed by atoms with Crippen LogP contribution in [-0.4, -0.2) is 10.9 Å². The van der Waals surface area contributed by atoms with Gasteiger partial charge in [-0.25, -0.2) is 4.98 Å². The Hall–Kier alpha value is -1.20. The number of halogens is 1. The third kappa shape index (κ3) is 3.17. The van der Waals surface area contributed by atoms with Crippen molar-refractivity contribution in [2.24, 2.45) is 0 Å². The van der Waals surface area contributed by atoms with Gasteiger partial charge in [0.05, 0.1) is 5.69 Å². The number of carbonyl (C=O) groups excluding carboxylic acids is 1. The maximum absolute atomic E-state index is 11.0. The SMILES string of the molecule is CCc1cc(Br)cc(-c2csc(NC(C)=O)n2)c1. The number of carbonyl (C=O) groups is 1. The molecule has 0 aliphatic carbocycles. The minimum atomic E-state index is -0.0978. The first-order valence-electron chi connectivity index (χ1n) is 5.61. The van der Waals surface area contributed by atoms with Crippen LogP contribution in [0.25, 0.3) is 11.3 Å². The number of rotatable bonds is 3. The zero-order valence-electron chi connectivity index (χ0n) is 10.2. The van der Waals surface area contributed by atoms with Gasteiger partial charge in [0.25, 0.3) is 0 Å². The molecule has 1 aromatic carbocycles. The van der Waals surface area contributed by atoms with Crippen LogP contribution >= 0.6 is 27.3 Å². The lowest BCUT2D eigenvalue weighted by Crippen LogP contribution is -2.04. The van der Waals surface area contributed by atoms with Crippen molar-refractivity contribution in [2.75, 3.05) is 5.32 Å². The standard InChI is InChI=1S/C13H13BrN2OS/c1-3-9-4-10(6-11(14)5-9)12-7-18-13(16-12)15-8(2)17/h4-7H,3H2,1-2H3,(H,15,16,17). The lowest BCUT2D eigenvalue weighted by Gasteiger charge is -2.03. The zero-order chi connectivity index (χ0) is 13.1. The number of thiazole rings is 1. The van der Waals surface area contributed by atoms with Crippen molar-refractivity contribution < 1.29 is 4.79 Å². The van der Waals surface area contributed by atoms with E-state index in [4.69, 9.17) is 0 Å². The fourth-order valence-corrected chi connectivity index (χ4v) is 2.92. The van der Waals surface area contributed by atoms with Gasteiger partial charge in [-0.1, -0.05) is 22.9 Å². The van der Waals surface area contributed by atoms with Gasteiger partial charge in [-0.2, -0.15) is 0 Å². The smallest absolute Gasteiger partial charge is 0.223 e. The Kier molecular flexibility index (Phi) is 4.14. The molecule has 1 N–H and O–H groups in total. The molecule has 0 unspecified atom stereocenters. The number of nitrogens with zero attached hydrogens (tertiary/aromatic N) is 1. The first-order chi connectivity index (χ1) is 8.58. The van der Waals surface area contributed by atoms with Gasteiger partial charge in [-0.15, -0.1) is 11.3 Å². The van der Waals surface area contributed by atoms with E-state index >= 15 is 0 Å². The van der Waals surface area contributed by atoms with Gasteiger partial charge < -0.3 is 5.32 Å². The van der Waals surface area contributed by atoms with Crippen LogP contribution in [0.5, 0.6) is 0 Å². The molecule has 94 valence electrons. The highest BCUT2D eigenvalue weighted by Crippen LogP contribution is 2.28. The van der Waals surface area contributed by atoms with Crippen molar-refractivity contribution in [3.63, 3.8) is 0 Å². The summed E-state index contributed by atoms with van der Waals surface area (Å²) in [6.07, 6.45) is 0.981. The van der Waals surface area contributed by atoms with E-state index in [1.807, 2.05) is 11.4 Å². The van der Waals surface area contributed by atoms with Gasteiger partial charge in [0.2, 0.25) is 5.91 Å². The number of amides is 1. The molecule has 0 bridgehead atoms. The largest absolute Gasteiger partial charge is 0.302 e. The van der Waals surface area contributed by atoms with Crippen LogP contribution in [-0.2, 0) is 11.2 Å². The molecule has 0 fully saturated rings. The summed E-state index contributed by atoms with van der Waals surface area (Å²) in [4.78, 5) is 15.4. The highest BCUT2D eigenvalue weighted by Gasteiger charge is 2.07. The Morgan fingerprint density at radius 3 is 2.89 bits per heavy atom. The minimum Gasteiger partial charge on any atom is -0.302 e. The van der Waals surface area contributed by atoms with Crippen molar-refractivity contribution in [1.82, 2.24) is 4.98 Å². The molecule has 1 heterocycles. The van der Waals surface area contributed by atoms with E-state index in [0.717, 1.165) is 22.2 Å². The van der Waals surface area contributed by atoms with E-state index in [1.165, 1.54) is 23.8 Å². The molecule has 5 heteroatoms. The summed E-state index contributed by atoms with van der Waals surface area (Å²) < 4.78 is 1.05. The van der Waals surface area contributed by atoms with Crippen LogP contribution < -0.4 is 5.32 Å². The molecule has 2 aromatic rings. The lowest BCUT2D eigenvalue weighted by molar-refractivity contribution is -0.114. The molecule has 18 heavy (non-hydrogen) atoms. The Labute approximate surface area is 118 Å². The highest BCUT2D eigenvalue weighted by molar-refractivity contribution is 9.10. The second-order valence-corrected chi connectivity index (χ2v) is 5.69. The molecule has 1 aromatic heterocycles. The topological polar surface area (TPSA) is 42.0 Å². The molecule has 1 amide bonds. The van der Waals surface area contributed by atoms with Crippen molar-refractivity contribution in [3.05, 3.63) is 33.6 Å². The number of nitrogens with one attached hydrogen (secondary N) is 1. The highest BCUT2D eigenvalue weighted by atomic mass is 79.9. The molecule has 0 atom stereocenters. The van der Waals surface area contributed by atoms with E-state index in [-0.39, 0.29) is 5.91 Å². The van der Waals surface area contributed by atoms with Crippen LogP contribution in [0.2, 0.25) is 0 Å². The van der Waals surface area contributed by atoms with E-state index < -0.39 is 0 Å². The summed E-state index contributed by atoms with van der Waals surface area (Å²) in [5.41, 5.74) is 3.21. The van der Waals surface area contributed by atoms with E-state index in [9.17, 15) is 4.79 Å². The number of anilines is 1. The monoisotopic (exact) mass is 324 g/mol. The Morgan fingerprint density at radius 1 is 1.44 bits per heavy atom. The summed E-state index contributed by atoms with van der Waals surface area (Å²) in [6, 6.07) is 6.26. The number of hydrogen-bond acceptors (Lipinski definition) is 3. The molecule has 0 saturated heterocycles. The van der Waals surface area contributed by atoms with E-state index in [2.05, 4.69) is 45.3 Å². The van der Waals surface area contributed by atoms with Crippen molar-refractivity contribution in [2.45, 2.75) is 20.3 Å². The predicted octanol–water partition coefficient (Wildman–Crippen LogP) is 4.09. The second kappa shape index (κ2) is 5.63. The summed E-state index contributed by atoms with van der Waals surface area (Å²) in [6.45, 7) is 3.60. The first-order valence-corrected chi connectivity index (χ1v) is 7.28. The average Bonchev–Trinajstić information content (AvgIpc) is 2.75. The van der Waals surface area contributed by atoms with E-state index in [1.54, 1.807) is 0 Å². The Balaban J connectivity index is 2.33. The predicted molar refractivity (Wildman–Crippen MR) is 78.9 cm³/mol. The molecule has 3 nitrogen and oxygen atoms in total. The van der Waals surface area contributed by atoms with Crippen LogP contribution in [0.15, 0.2) is 28.1 Å². The van der Waals surface area contributed by atoms with Crippen molar-refractivity contribution in [3.8, 4) is 11.3 Å². The fraction of sp³-hybridized carbons (Fsp3) is 0.231. The molecule has 0 saturated carbocycles. The van der Waals surface area contributed by atoms with E-state index in [0.29, 0.717) is 5.13 Å². The minimum absolute atomic E-state index is 0.0978. The second-order valence-electron chi connectivity index (χ2n) is 3.92. The van der Waals surface area contributed by atoms with Gasteiger partial charge in [0.15, 0.2) is 5.13 Å². The molecular formula is C13H13BrN2OS. The zero-order valence-corrected chi connectivity index (χ0v) is 12.6. The van der Waals surface area contributed by atoms with Crippen LogP contribution in [0, 0.1) is 0 Å². The summed E-state index contributed by atoms with van der Waals surface area (Å²) in [7, 11) is 0. The summed E-state index contributed by atoms with van der Waals surface area (Å²) in [5, 5.41) is 5.28. The molecule has 0 aliphatic heterocycles. The molecular weight excluding hydrogens is 312 g/mol. The van der Waals surface area contributed by atoms with Crippen LogP contribution in [0.1, 0.15) is 19.4 Å². The third-order valence-electron chi connectivity index (χ3n) is 2.45. The van der Waals surface area contributed by atoms with Gasteiger partial charge in [-0.3, -0.25) is 4.79 Å². The number of hydrogen-bond donors (Lipinski definition) is 1. The van der Waals surface area contributed by atoms with Crippen molar-refractivity contribution in [1.29, 1.82) is 0 Å². The maximum atomic E-state index is 11.0. The molecule has 2 rings (SSSR count). The van der Waals surface area contributed by atoms with Crippen LogP contribution in [0.4, 0.5) is 5.13 Å². The summed E-state index contributed by atoms with van der Waals surface area (Å²) in [5.74, 6) is -0.0978. The number of benzene rings is 1. The van der Waals surface area contributed by atoms with Gasteiger partial charge in [0, 0.05) is 22.3 Å². The van der Waals surface area contributed by atoms with Crippen LogP contribution in [0.3, 0.4) is 0 Å². The quantitative estimate of drug-likeness (QED) is 0.923. The number of aryl methyl sites for hydroxylation is 1. The summed E-state index contributed by atoms with van der Waals surface area (Å²) >= 11 is 4.94. The molecule has 0 spiro atoms. The molecule has 0 aliphatic rings. The van der Waals surface area contributed by atoms with Gasteiger partial charge in [0.1, 0.15) is 0 Å². The fourth-order valence-electron chi connectivity index (χ4n) is 1.62. The normalized spacial score (nSPS) is 10.4. The Morgan fingerprint density at radius 2 is 2.22 bits per heavy atom. The van der Waals surface area contributed by atoms with Gasteiger partial charge >= 0.3 is 0 Å². The molecule has 0 radical (unpaired) electrons. The number of aromatic nitrogens is 1. The lowest BCUT2D eigenvalue weighted by atomic mass is 10.1. The maximum Gasteiger partial charge on any atom is 0.223 e. The third-order valence-corrected chi connectivity index (χ3v) is 3.66. The first kappa shape index (κ1) is 13.2. The van der Waals surface area contributed by atoms with Crippen molar-refractivity contribution >= 4 is 38.3 Å². The van der Waals surface area contributed by atoms with Gasteiger partial charge in [-0.05, 0) is 30.2 Å². The Bertz CT molecular complexity index is 580.